The second-order valence-corrected chi connectivity index (χ2v) is 6.94. The Hall–Kier alpha value is -3.37. The van der Waals surface area contributed by atoms with Gasteiger partial charge >= 0.3 is 6.18 Å². The highest BCUT2D eigenvalue weighted by Gasteiger charge is 2.28. The predicted molar refractivity (Wildman–Crippen MR) is 107 cm³/mol. The summed E-state index contributed by atoms with van der Waals surface area (Å²) in [6, 6.07) is 4.04. The van der Waals surface area contributed by atoms with Gasteiger partial charge in [-0.2, -0.15) is 13.2 Å². The highest BCUT2D eigenvalue weighted by Crippen LogP contribution is 2.25. The fourth-order valence-corrected chi connectivity index (χ4v) is 2.47. The molecule has 0 aliphatic carbocycles. The molecule has 0 aliphatic rings. The number of nitrogens with one attached hydrogen (secondary N) is 2. The van der Waals surface area contributed by atoms with Crippen LogP contribution in [-0.2, 0) is 0 Å². The maximum Gasteiger partial charge on any atom is 0.405 e. The van der Waals surface area contributed by atoms with Gasteiger partial charge in [-0.25, -0.2) is 4.68 Å². The molecule has 0 bridgehead atoms. The average Bonchev–Trinajstić information content (AvgIpc) is 3.18. The highest BCUT2D eigenvalue weighted by atomic mass is 19.4. The van der Waals surface area contributed by atoms with Gasteiger partial charge in [0.1, 0.15) is 18.0 Å². The molecule has 2 amide bonds. The van der Waals surface area contributed by atoms with E-state index in [9.17, 15) is 22.8 Å². The molecule has 1 heterocycles. The molecule has 0 fully saturated rings. The molecular formula is C20H24F3N5O3. The van der Waals surface area contributed by atoms with Crippen LogP contribution < -0.4 is 15.4 Å². The molecule has 0 saturated heterocycles. The summed E-state index contributed by atoms with van der Waals surface area (Å²) in [5.74, 6) is -1.09. The number of ether oxygens (including phenoxy) is 1. The summed E-state index contributed by atoms with van der Waals surface area (Å²) in [6.45, 7) is 6.07. The molecular weight excluding hydrogens is 415 g/mol. The van der Waals surface area contributed by atoms with Crippen LogP contribution in [0, 0.1) is 0 Å². The summed E-state index contributed by atoms with van der Waals surface area (Å²) in [7, 11) is 0. The van der Waals surface area contributed by atoms with E-state index in [2.05, 4.69) is 22.2 Å². The van der Waals surface area contributed by atoms with Crippen molar-refractivity contribution in [3.63, 3.8) is 0 Å². The molecule has 1 aromatic heterocycles. The Bertz CT molecular complexity index is 925. The molecule has 0 aliphatic heterocycles. The Balaban J connectivity index is 2.28. The first-order valence-electron chi connectivity index (χ1n) is 9.57. The van der Waals surface area contributed by atoms with Crippen molar-refractivity contribution >= 4 is 11.8 Å². The highest BCUT2D eigenvalue weighted by molar-refractivity contribution is 5.95. The van der Waals surface area contributed by atoms with Gasteiger partial charge in [0.15, 0.2) is 5.69 Å². The lowest BCUT2D eigenvalue weighted by molar-refractivity contribution is -0.123. The SMILES string of the molecule is C=CCCCOc1cc(C(=O)NCC(F)(F)F)ccc1-n1cc(C(=O)NC(C)C)nn1. The van der Waals surface area contributed by atoms with Crippen molar-refractivity contribution in [3.05, 3.63) is 48.3 Å². The number of alkyl halides is 3. The van der Waals surface area contributed by atoms with Gasteiger partial charge in [0, 0.05) is 11.6 Å². The first-order chi connectivity index (χ1) is 14.6. The van der Waals surface area contributed by atoms with Crippen molar-refractivity contribution in [2.45, 2.75) is 38.9 Å². The van der Waals surface area contributed by atoms with E-state index in [-0.39, 0.29) is 29.7 Å². The number of unbranched alkanes of at least 4 members (excludes halogenated alkanes) is 1. The molecule has 0 unspecified atom stereocenters. The molecule has 0 radical (unpaired) electrons. The fraction of sp³-hybridized carbons (Fsp3) is 0.400. The maximum absolute atomic E-state index is 12.4. The number of rotatable bonds is 10. The summed E-state index contributed by atoms with van der Waals surface area (Å²) in [4.78, 5) is 24.2. The van der Waals surface area contributed by atoms with Gasteiger partial charge < -0.3 is 15.4 Å². The van der Waals surface area contributed by atoms with Gasteiger partial charge in [0.2, 0.25) is 0 Å². The van der Waals surface area contributed by atoms with E-state index in [1.54, 1.807) is 19.9 Å². The van der Waals surface area contributed by atoms with Crippen LogP contribution in [0.5, 0.6) is 5.75 Å². The topological polar surface area (TPSA) is 98.1 Å². The average molecular weight is 439 g/mol. The van der Waals surface area contributed by atoms with E-state index in [0.717, 1.165) is 0 Å². The number of amides is 2. The third-order valence-electron chi connectivity index (χ3n) is 3.87. The minimum absolute atomic E-state index is 0.00962. The van der Waals surface area contributed by atoms with Gasteiger partial charge in [-0.1, -0.05) is 11.3 Å². The molecule has 0 atom stereocenters. The third kappa shape index (κ3) is 7.43. The largest absolute Gasteiger partial charge is 0.491 e. The third-order valence-corrected chi connectivity index (χ3v) is 3.87. The van der Waals surface area contributed by atoms with E-state index in [1.165, 1.54) is 29.1 Å². The van der Waals surface area contributed by atoms with Crippen LogP contribution in [0.1, 0.15) is 47.5 Å². The molecule has 8 nitrogen and oxygen atoms in total. The van der Waals surface area contributed by atoms with E-state index < -0.39 is 24.5 Å². The molecule has 2 N–H and O–H groups in total. The van der Waals surface area contributed by atoms with E-state index in [1.807, 2.05) is 5.32 Å². The molecule has 0 spiro atoms. The molecule has 2 aromatic rings. The normalized spacial score (nSPS) is 11.3. The molecule has 0 saturated carbocycles. The zero-order valence-corrected chi connectivity index (χ0v) is 17.2. The molecule has 168 valence electrons. The Kier molecular flexibility index (Phi) is 8.17. The van der Waals surface area contributed by atoms with E-state index in [0.29, 0.717) is 18.5 Å². The summed E-state index contributed by atoms with van der Waals surface area (Å²) in [6.07, 6.45) is -0.0561. The van der Waals surface area contributed by atoms with Gasteiger partial charge in [0.25, 0.3) is 11.8 Å². The predicted octanol–water partition coefficient (Wildman–Crippen LogP) is 3.04. The maximum atomic E-state index is 12.4. The summed E-state index contributed by atoms with van der Waals surface area (Å²) in [5, 5.41) is 12.3. The van der Waals surface area contributed by atoms with Crippen molar-refractivity contribution in [3.8, 4) is 11.4 Å². The minimum atomic E-state index is -4.52. The first-order valence-corrected chi connectivity index (χ1v) is 9.57. The number of hydrogen-bond donors (Lipinski definition) is 2. The van der Waals surface area contributed by atoms with Crippen molar-refractivity contribution in [1.29, 1.82) is 0 Å². The summed E-state index contributed by atoms with van der Waals surface area (Å²) >= 11 is 0. The van der Waals surface area contributed by atoms with Crippen LogP contribution in [0.4, 0.5) is 13.2 Å². The molecule has 11 heteroatoms. The lowest BCUT2D eigenvalue weighted by Gasteiger charge is -2.13. The Morgan fingerprint density at radius 2 is 2.03 bits per heavy atom. The van der Waals surface area contributed by atoms with Crippen LogP contribution in [0.2, 0.25) is 0 Å². The lowest BCUT2D eigenvalue weighted by atomic mass is 10.1. The van der Waals surface area contributed by atoms with Crippen LogP contribution in [-0.4, -0.2) is 52.2 Å². The second kappa shape index (κ2) is 10.6. The number of aromatic nitrogens is 3. The summed E-state index contributed by atoms with van der Waals surface area (Å²) < 4.78 is 44.2. The van der Waals surface area contributed by atoms with Gasteiger partial charge in [-0.3, -0.25) is 9.59 Å². The van der Waals surface area contributed by atoms with E-state index in [4.69, 9.17) is 4.74 Å². The quantitative estimate of drug-likeness (QED) is 0.438. The first kappa shape index (κ1) is 23.9. The van der Waals surface area contributed by atoms with E-state index >= 15 is 0 Å². The molecule has 1 aromatic carbocycles. The molecule has 31 heavy (non-hydrogen) atoms. The number of hydrogen-bond acceptors (Lipinski definition) is 5. The van der Waals surface area contributed by atoms with Crippen LogP contribution in [0.25, 0.3) is 5.69 Å². The van der Waals surface area contributed by atoms with Crippen molar-refractivity contribution in [1.82, 2.24) is 25.6 Å². The number of carbonyl (C=O) groups is 2. The van der Waals surface area contributed by atoms with Crippen LogP contribution in [0.15, 0.2) is 37.1 Å². The van der Waals surface area contributed by atoms with Gasteiger partial charge in [0.05, 0.1) is 12.8 Å². The Morgan fingerprint density at radius 1 is 1.29 bits per heavy atom. The second-order valence-electron chi connectivity index (χ2n) is 6.94. The smallest absolute Gasteiger partial charge is 0.405 e. The number of nitrogens with zero attached hydrogens (tertiary/aromatic N) is 3. The fourth-order valence-electron chi connectivity index (χ4n) is 2.47. The minimum Gasteiger partial charge on any atom is -0.491 e. The zero-order valence-electron chi connectivity index (χ0n) is 17.2. The Labute approximate surface area is 177 Å². The number of allylic oxidation sites excluding steroid dienone is 1. The zero-order chi connectivity index (χ0) is 23.0. The number of benzene rings is 1. The number of carbonyl (C=O) groups excluding carboxylic acids is 2. The van der Waals surface area contributed by atoms with Crippen LogP contribution >= 0.6 is 0 Å². The Morgan fingerprint density at radius 3 is 2.68 bits per heavy atom. The monoisotopic (exact) mass is 439 g/mol. The van der Waals surface area contributed by atoms with Crippen LogP contribution in [0.3, 0.4) is 0 Å². The number of halogens is 3. The lowest BCUT2D eigenvalue weighted by Crippen LogP contribution is -2.33. The van der Waals surface area contributed by atoms with Crippen molar-refractivity contribution in [2.75, 3.05) is 13.2 Å². The standard InChI is InChI=1S/C20H24F3N5O3/c1-4-5-6-9-31-17-10-14(18(29)24-12-20(21,22)23)7-8-16(17)28-11-15(26-27-28)19(30)25-13(2)3/h4,7-8,10-11,13H,1,5-6,9,12H2,2-3H3,(H,24,29)(H,25,30). The summed E-state index contributed by atoms with van der Waals surface area (Å²) in [5.41, 5.74) is 0.449. The van der Waals surface area contributed by atoms with Crippen molar-refractivity contribution in [2.24, 2.45) is 0 Å². The van der Waals surface area contributed by atoms with Crippen molar-refractivity contribution < 1.29 is 27.5 Å². The van der Waals surface area contributed by atoms with Gasteiger partial charge in [-0.05, 0) is 44.9 Å². The van der Waals surface area contributed by atoms with Gasteiger partial charge in [-0.15, -0.1) is 11.7 Å². The molecule has 2 rings (SSSR count).